The third-order valence-electron chi connectivity index (χ3n) is 3.36. The van der Waals surface area contributed by atoms with Crippen LogP contribution in [0.1, 0.15) is 45.9 Å². The van der Waals surface area contributed by atoms with Crippen molar-refractivity contribution in [3.8, 4) is 0 Å². The molecule has 1 saturated carbocycles. The summed E-state index contributed by atoms with van der Waals surface area (Å²) in [6.45, 7) is 5.65. The smallest absolute Gasteiger partial charge is 0.463 e. The Bertz CT molecular complexity index is 454. The number of hydroxylamine groups is 2. The fourth-order valence-corrected chi connectivity index (χ4v) is 2.19. The van der Waals surface area contributed by atoms with Gasteiger partial charge >= 0.3 is 13.8 Å². The van der Waals surface area contributed by atoms with Crippen molar-refractivity contribution < 1.29 is 19.3 Å². The summed E-state index contributed by atoms with van der Waals surface area (Å²) >= 11 is 0. The first-order chi connectivity index (χ1) is 9.35. The lowest BCUT2D eigenvalue weighted by molar-refractivity contribution is -0.166. The zero-order valence-electron chi connectivity index (χ0n) is 12.0. The summed E-state index contributed by atoms with van der Waals surface area (Å²) < 4.78 is 10.8. The first-order valence-corrected chi connectivity index (χ1v) is 6.65. The van der Waals surface area contributed by atoms with Crippen LogP contribution in [0, 0.1) is 0 Å². The minimum Gasteiger partial charge on any atom is -0.463 e. The van der Waals surface area contributed by atoms with E-state index in [4.69, 9.17) is 9.41 Å². The van der Waals surface area contributed by atoms with Crippen LogP contribution in [-0.2, 0) is 14.9 Å². The highest BCUT2D eigenvalue weighted by Crippen LogP contribution is 2.45. The number of aromatic nitrogens is 2. The van der Waals surface area contributed by atoms with Gasteiger partial charge in [0.05, 0.1) is 0 Å². The molecular weight excluding hydrogens is 261 g/mol. The summed E-state index contributed by atoms with van der Waals surface area (Å²) in [5, 5.41) is 10.4. The van der Waals surface area contributed by atoms with E-state index in [2.05, 4.69) is 9.97 Å². The highest BCUT2D eigenvalue weighted by atomic mass is 16.7. The molecule has 0 bridgehead atoms. The standard InChI is InChI=1S/C12H20BN3O4/c1-11(2,3)19-13-20-16(10(17)18)12(5-4-6-12)9-14-7-8-15-9/h7-8,13H,4-6H2,1-3H3,(H,14,15)(H,17,18). The zero-order chi connectivity index (χ0) is 14.8. The minimum absolute atomic E-state index is 0.113. The van der Waals surface area contributed by atoms with Crippen molar-refractivity contribution in [3.63, 3.8) is 0 Å². The summed E-state index contributed by atoms with van der Waals surface area (Å²) in [4.78, 5) is 18.7. The molecule has 20 heavy (non-hydrogen) atoms. The SMILES string of the molecule is CC(C)(C)OBON(C(=O)O)C1(c2ncc[nH]2)CCC1. The molecule has 1 aromatic rings. The second kappa shape index (κ2) is 5.45. The largest absolute Gasteiger partial charge is 0.464 e. The average molecular weight is 281 g/mol. The number of imidazole rings is 1. The lowest BCUT2D eigenvalue weighted by Crippen LogP contribution is -2.54. The maximum Gasteiger partial charge on any atom is 0.464 e. The lowest BCUT2D eigenvalue weighted by atomic mass is 9.75. The molecule has 2 N–H and O–H groups in total. The first-order valence-electron chi connectivity index (χ1n) is 6.65. The Morgan fingerprint density at radius 3 is 2.65 bits per heavy atom. The van der Waals surface area contributed by atoms with Crippen molar-refractivity contribution >= 4 is 13.8 Å². The van der Waals surface area contributed by atoms with E-state index in [1.165, 1.54) is 0 Å². The molecule has 1 aliphatic carbocycles. The highest BCUT2D eigenvalue weighted by Gasteiger charge is 2.50. The number of carboxylic acid groups (broad SMARTS) is 1. The molecule has 1 heterocycles. The van der Waals surface area contributed by atoms with Crippen molar-refractivity contribution in [2.45, 2.75) is 51.2 Å². The molecule has 0 radical (unpaired) electrons. The van der Waals surface area contributed by atoms with Crippen LogP contribution in [0.25, 0.3) is 0 Å². The molecular formula is C12H20BN3O4. The fraction of sp³-hybridized carbons (Fsp3) is 0.667. The maximum absolute atomic E-state index is 11.5. The number of carbonyl (C=O) groups is 1. The molecule has 1 aromatic heterocycles. The molecule has 0 spiro atoms. The Kier molecular flexibility index (Phi) is 4.05. The summed E-state index contributed by atoms with van der Waals surface area (Å²) in [6.07, 6.45) is 4.46. The predicted molar refractivity (Wildman–Crippen MR) is 73.1 cm³/mol. The Labute approximate surface area is 118 Å². The monoisotopic (exact) mass is 281 g/mol. The van der Waals surface area contributed by atoms with E-state index in [1.54, 1.807) is 12.4 Å². The van der Waals surface area contributed by atoms with Crippen LogP contribution in [0.3, 0.4) is 0 Å². The van der Waals surface area contributed by atoms with E-state index in [0.29, 0.717) is 18.7 Å². The van der Waals surface area contributed by atoms with Crippen molar-refractivity contribution in [1.29, 1.82) is 0 Å². The number of H-pyrrole nitrogens is 1. The van der Waals surface area contributed by atoms with Gasteiger partial charge < -0.3 is 14.7 Å². The molecule has 0 atom stereocenters. The molecule has 8 heteroatoms. The van der Waals surface area contributed by atoms with Crippen molar-refractivity contribution in [2.75, 3.05) is 0 Å². The van der Waals surface area contributed by atoms with Gasteiger partial charge in [0.2, 0.25) is 0 Å². The van der Waals surface area contributed by atoms with Gasteiger partial charge in [0.15, 0.2) is 0 Å². The van der Waals surface area contributed by atoms with Gasteiger partial charge in [0, 0.05) is 18.0 Å². The predicted octanol–water partition coefficient (Wildman–Crippen LogP) is 1.78. The van der Waals surface area contributed by atoms with Gasteiger partial charge in [-0.1, -0.05) is 0 Å². The highest BCUT2D eigenvalue weighted by molar-refractivity contribution is 6.18. The van der Waals surface area contributed by atoms with Crippen molar-refractivity contribution in [2.24, 2.45) is 0 Å². The minimum atomic E-state index is -1.14. The van der Waals surface area contributed by atoms with E-state index in [9.17, 15) is 9.90 Å². The number of rotatable bonds is 5. The van der Waals surface area contributed by atoms with E-state index < -0.39 is 11.6 Å². The van der Waals surface area contributed by atoms with E-state index in [-0.39, 0.29) is 13.3 Å². The third-order valence-corrected chi connectivity index (χ3v) is 3.36. The average Bonchev–Trinajstić information content (AvgIpc) is 2.77. The number of aromatic amines is 1. The van der Waals surface area contributed by atoms with Crippen molar-refractivity contribution in [1.82, 2.24) is 15.0 Å². The van der Waals surface area contributed by atoms with E-state index >= 15 is 0 Å². The van der Waals surface area contributed by atoms with Crippen LogP contribution < -0.4 is 0 Å². The molecule has 110 valence electrons. The Hall–Kier alpha value is -1.54. The summed E-state index contributed by atoms with van der Waals surface area (Å²) in [7, 11) is -0.113. The molecule has 0 aliphatic heterocycles. The summed E-state index contributed by atoms with van der Waals surface area (Å²) in [5.41, 5.74) is -1.11. The van der Waals surface area contributed by atoms with Gasteiger partial charge in [-0.15, -0.1) is 0 Å². The summed E-state index contributed by atoms with van der Waals surface area (Å²) in [5.74, 6) is 0.613. The van der Waals surface area contributed by atoms with Crippen LogP contribution in [0.2, 0.25) is 0 Å². The molecule has 1 amide bonds. The number of hydrogen-bond acceptors (Lipinski definition) is 4. The quantitative estimate of drug-likeness (QED) is 0.634. The van der Waals surface area contributed by atoms with Gasteiger partial charge in [-0.25, -0.2) is 9.78 Å². The Morgan fingerprint density at radius 2 is 2.25 bits per heavy atom. The van der Waals surface area contributed by atoms with Gasteiger partial charge in [0.25, 0.3) is 0 Å². The lowest BCUT2D eigenvalue weighted by Gasteiger charge is -2.46. The molecule has 1 aliphatic rings. The second-order valence-electron chi connectivity index (χ2n) is 5.90. The van der Waals surface area contributed by atoms with Gasteiger partial charge in [-0.3, -0.25) is 4.76 Å². The molecule has 1 fully saturated rings. The van der Waals surface area contributed by atoms with Gasteiger partial charge in [-0.05, 0) is 40.0 Å². The number of hydrogen-bond donors (Lipinski definition) is 2. The topological polar surface area (TPSA) is 87.7 Å². The van der Waals surface area contributed by atoms with Crippen LogP contribution >= 0.6 is 0 Å². The third kappa shape index (κ3) is 2.96. The number of nitrogens with zero attached hydrogens (tertiary/aromatic N) is 2. The van der Waals surface area contributed by atoms with Crippen LogP contribution in [0.5, 0.6) is 0 Å². The molecule has 0 aromatic carbocycles. The van der Waals surface area contributed by atoms with Crippen molar-refractivity contribution in [3.05, 3.63) is 18.2 Å². The van der Waals surface area contributed by atoms with E-state index in [1.807, 2.05) is 20.8 Å². The van der Waals surface area contributed by atoms with E-state index in [0.717, 1.165) is 11.5 Å². The second-order valence-corrected chi connectivity index (χ2v) is 5.90. The molecule has 0 unspecified atom stereocenters. The molecule has 2 rings (SSSR count). The van der Waals surface area contributed by atoms with Gasteiger partial charge in [0.1, 0.15) is 11.4 Å². The number of amides is 1. The van der Waals surface area contributed by atoms with Gasteiger partial charge in [-0.2, -0.15) is 5.06 Å². The Morgan fingerprint density at radius 1 is 1.55 bits per heavy atom. The fourth-order valence-electron chi connectivity index (χ4n) is 2.19. The van der Waals surface area contributed by atoms with Crippen LogP contribution in [0.15, 0.2) is 12.4 Å². The van der Waals surface area contributed by atoms with Crippen LogP contribution in [-0.4, -0.2) is 39.5 Å². The van der Waals surface area contributed by atoms with Crippen LogP contribution in [0.4, 0.5) is 4.79 Å². The zero-order valence-corrected chi connectivity index (χ0v) is 12.0. The molecule has 7 nitrogen and oxygen atoms in total. The summed E-state index contributed by atoms with van der Waals surface area (Å²) in [6, 6.07) is 0. The normalized spacial score (nSPS) is 17.4. The first kappa shape index (κ1) is 14.9. The molecule has 0 saturated heterocycles. The Balaban J connectivity index is 2.09. The number of nitrogens with one attached hydrogen (secondary N) is 1. The maximum atomic E-state index is 11.5.